The van der Waals surface area contributed by atoms with E-state index >= 15 is 0 Å². The van der Waals surface area contributed by atoms with Crippen LogP contribution in [0, 0.1) is 0 Å². The number of hydrogen-bond donors (Lipinski definition) is 2. The van der Waals surface area contributed by atoms with Crippen LogP contribution in [0.15, 0.2) is 42.6 Å². The number of carboxylic acids is 1. The molecule has 26 heavy (non-hydrogen) atoms. The van der Waals surface area contributed by atoms with Crippen molar-refractivity contribution in [3.8, 4) is 0 Å². The monoisotopic (exact) mass is 364 g/mol. The maximum absolute atomic E-state index is 13.3. The molecule has 3 rings (SSSR count). The molecule has 0 saturated heterocycles. The third-order valence-corrected chi connectivity index (χ3v) is 4.16. The molecule has 0 radical (unpaired) electrons. The molecule has 0 aliphatic rings. The number of carbonyl (C=O) groups is 1. The highest BCUT2D eigenvalue weighted by Crippen LogP contribution is 2.37. The molecule has 1 aromatic carbocycles. The molecule has 2 aromatic heterocycles. The summed E-state index contributed by atoms with van der Waals surface area (Å²) < 4.78 is 41.3. The van der Waals surface area contributed by atoms with E-state index in [2.05, 4.69) is 4.98 Å². The van der Waals surface area contributed by atoms with E-state index in [1.165, 1.54) is 36.5 Å². The van der Waals surface area contributed by atoms with Crippen LogP contribution in [0.2, 0.25) is 0 Å². The fourth-order valence-corrected chi connectivity index (χ4v) is 2.96. The first-order chi connectivity index (χ1) is 12.2. The van der Waals surface area contributed by atoms with E-state index in [9.17, 15) is 23.1 Å². The summed E-state index contributed by atoms with van der Waals surface area (Å²) in [5.74, 6) is -1.14. The first kappa shape index (κ1) is 17.9. The minimum atomic E-state index is -4.61. The van der Waals surface area contributed by atoms with Gasteiger partial charge >= 0.3 is 12.1 Å². The van der Waals surface area contributed by atoms with Gasteiger partial charge in [-0.3, -0.25) is 0 Å². The second kappa shape index (κ2) is 6.45. The second-order valence-electron chi connectivity index (χ2n) is 5.73. The van der Waals surface area contributed by atoms with Gasteiger partial charge in [0.05, 0.1) is 16.8 Å². The van der Waals surface area contributed by atoms with Crippen molar-refractivity contribution in [3.63, 3.8) is 0 Å². The van der Waals surface area contributed by atoms with Crippen LogP contribution in [0.1, 0.15) is 45.9 Å². The Morgan fingerprint density at radius 3 is 2.58 bits per heavy atom. The van der Waals surface area contributed by atoms with Gasteiger partial charge in [0.2, 0.25) is 0 Å². The van der Waals surface area contributed by atoms with Crippen LogP contribution in [-0.4, -0.2) is 25.6 Å². The molecule has 8 heteroatoms. The Kier molecular flexibility index (Phi) is 4.45. The number of rotatable bonds is 4. The van der Waals surface area contributed by atoms with E-state index in [4.69, 9.17) is 5.11 Å². The molecule has 3 aromatic rings. The Hall–Kier alpha value is -2.87. The molecular formula is C18H15F3N2O3. The Morgan fingerprint density at radius 1 is 1.27 bits per heavy atom. The van der Waals surface area contributed by atoms with Crippen molar-refractivity contribution < 1.29 is 28.2 Å². The summed E-state index contributed by atoms with van der Waals surface area (Å²) >= 11 is 0. The van der Waals surface area contributed by atoms with Gasteiger partial charge in [-0.2, -0.15) is 13.2 Å². The van der Waals surface area contributed by atoms with Gasteiger partial charge in [-0.25, -0.2) is 9.78 Å². The average Bonchev–Trinajstić information content (AvgIpc) is 2.97. The number of nitrogens with zero attached hydrogens (tertiary/aromatic N) is 2. The third kappa shape index (κ3) is 3.03. The van der Waals surface area contributed by atoms with E-state index < -0.39 is 23.8 Å². The molecule has 0 saturated carbocycles. The van der Waals surface area contributed by atoms with Crippen molar-refractivity contribution in [2.45, 2.75) is 25.6 Å². The van der Waals surface area contributed by atoms with E-state index in [0.29, 0.717) is 12.1 Å². The minimum absolute atomic E-state index is 0.00174. The lowest BCUT2D eigenvalue weighted by molar-refractivity contribution is -0.139. The quantitative estimate of drug-likeness (QED) is 0.740. The van der Waals surface area contributed by atoms with Crippen LogP contribution in [0.5, 0.6) is 0 Å². The molecule has 136 valence electrons. The topological polar surface area (TPSA) is 74.8 Å². The zero-order chi connectivity index (χ0) is 19.1. The van der Waals surface area contributed by atoms with Crippen molar-refractivity contribution in [1.29, 1.82) is 0 Å². The highest BCUT2D eigenvalue weighted by Gasteiger charge is 2.36. The smallest absolute Gasteiger partial charge is 0.416 e. The van der Waals surface area contributed by atoms with E-state index in [1.807, 2.05) is 0 Å². The lowest BCUT2D eigenvalue weighted by Crippen LogP contribution is -2.13. The Bertz CT molecular complexity index is 979. The number of aromatic carboxylic acids is 1. The average molecular weight is 364 g/mol. The van der Waals surface area contributed by atoms with E-state index in [1.54, 1.807) is 11.3 Å². The van der Waals surface area contributed by atoms with Crippen LogP contribution < -0.4 is 0 Å². The Morgan fingerprint density at radius 2 is 1.96 bits per heavy atom. The molecule has 0 fully saturated rings. The summed E-state index contributed by atoms with van der Waals surface area (Å²) in [6, 6.07) is 7.46. The van der Waals surface area contributed by atoms with Crippen molar-refractivity contribution in [2.24, 2.45) is 0 Å². The second-order valence-corrected chi connectivity index (χ2v) is 5.73. The molecule has 0 aliphatic heterocycles. The third-order valence-electron chi connectivity index (χ3n) is 4.16. The van der Waals surface area contributed by atoms with Gasteiger partial charge in [0.25, 0.3) is 0 Å². The van der Waals surface area contributed by atoms with E-state index in [0.717, 1.165) is 6.07 Å². The number of fused-ring (bicyclic) bond motifs is 1. The number of imidazole rings is 1. The van der Waals surface area contributed by atoms with Gasteiger partial charge in [0, 0.05) is 11.9 Å². The molecule has 0 bridgehead atoms. The molecule has 1 unspecified atom stereocenters. The Balaban J connectivity index is 2.18. The molecule has 2 N–H and O–H groups in total. The molecule has 0 spiro atoms. The van der Waals surface area contributed by atoms with Gasteiger partial charge in [0.15, 0.2) is 0 Å². The summed E-state index contributed by atoms with van der Waals surface area (Å²) in [6.07, 6.45) is -4.32. The lowest BCUT2D eigenvalue weighted by Gasteiger charge is -2.17. The molecular weight excluding hydrogens is 349 g/mol. The van der Waals surface area contributed by atoms with Crippen LogP contribution in [-0.2, 0) is 12.6 Å². The van der Waals surface area contributed by atoms with Gasteiger partial charge < -0.3 is 14.6 Å². The first-order valence-corrected chi connectivity index (χ1v) is 7.82. The number of aryl methyl sites for hydroxylation is 1. The van der Waals surface area contributed by atoms with Crippen LogP contribution in [0.3, 0.4) is 0 Å². The number of aliphatic hydroxyl groups is 1. The van der Waals surface area contributed by atoms with Crippen LogP contribution in [0.25, 0.3) is 5.65 Å². The predicted molar refractivity (Wildman–Crippen MR) is 87.0 cm³/mol. The highest BCUT2D eigenvalue weighted by molar-refractivity contribution is 5.88. The van der Waals surface area contributed by atoms with Crippen molar-refractivity contribution in [3.05, 3.63) is 70.7 Å². The molecule has 0 aliphatic carbocycles. The van der Waals surface area contributed by atoms with E-state index in [-0.39, 0.29) is 22.5 Å². The molecule has 1 atom stereocenters. The summed E-state index contributed by atoms with van der Waals surface area (Å²) in [5, 5.41) is 19.7. The molecule has 5 nitrogen and oxygen atoms in total. The number of alkyl halides is 3. The summed E-state index contributed by atoms with van der Waals surface area (Å²) in [6.45, 7) is 1.78. The van der Waals surface area contributed by atoms with Crippen molar-refractivity contribution >= 4 is 11.6 Å². The number of pyridine rings is 1. The SMILES string of the molecule is CCc1c(C(O)c2ccccc2C(F)(F)F)nc2cc(C(=O)O)ccn12. The van der Waals surface area contributed by atoms with Gasteiger partial charge in [-0.05, 0) is 30.2 Å². The number of aromatic nitrogens is 2. The van der Waals surface area contributed by atoms with Crippen LogP contribution in [0.4, 0.5) is 13.2 Å². The summed E-state index contributed by atoms with van der Waals surface area (Å²) in [5.41, 5.74) is -0.385. The van der Waals surface area contributed by atoms with Crippen LogP contribution >= 0.6 is 0 Å². The highest BCUT2D eigenvalue weighted by atomic mass is 19.4. The fraction of sp³-hybridized carbons (Fsp3) is 0.222. The number of carboxylic acid groups (broad SMARTS) is 1. The van der Waals surface area contributed by atoms with Gasteiger partial charge in [0.1, 0.15) is 11.8 Å². The van der Waals surface area contributed by atoms with Crippen molar-refractivity contribution in [2.75, 3.05) is 0 Å². The summed E-state index contributed by atoms with van der Waals surface area (Å²) in [4.78, 5) is 15.3. The maximum atomic E-state index is 13.3. The zero-order valence-electron chi connectivity index (χ0n) is 13.7. The lowest BCUT2D eigenvalue weighted by atomic mass is 9.98. The number of hydrogen-bond acceptors (Lipinski definition) is 3. The maximum Gasteiger partial charge on any atom is 0.416 e. The standard InChI is InChI=1S/C18H15F3N2O3/c1-2-13-15(22-14-9-10(17(25)26)7-8-23(13)14)16(24)11-5-3-4-6-12(11)18(19,20)21/h3-9,16,24H,2H2,1H3,(H,25,26). The molecule has 0 amide bonds. The predicted octanol–water partition coefficient (Wildman–Crippen LogP) is 3.70. The zero-order valence-corrected chi connectivity index (χ0v) is 13.7. The van der Waals surface area contributed by atoms with Gasteiger partial charge in [-0.1, -0.05) is 25.1 Å². The fourth-order valence-electron chi connectivity index (χ4n) is 2.96. The number of halogens is 3. The normalized spacial score (nSPS) is 13.1. The Labute approximate surface area is 146 Å². The number of benzene rings is 1. The first-order valence-electron chi connectivity index (χ1n) is 7.82. The number of aliphatic hydroxyl groups excluding tert-OH is 1. The van der Waals surface area contributed by atoms with Crippen molar-refractivity contribution in [1.82, 2.24) is 9.38 Å². The minimum Gasteiger partial charge on any atom is -0.478 e. The van der Waals surface area contributed by atoms with Gasteiger partial charge in [-0.15, -0.1) is 0 Å². The molecule has 2 heterocycles. The largest absolute Gasteiger partial charge is 0.478 e. The summed E-state index contributed by atoms with van der Waals surface area (Å²) in [7, 11) is 0.